The highest BCUT2D eigenvalue weighted by molar-refractivity contribution is 5.92. The van der Waals surface area contributed by atoms with Gasteiger partial charge in [-0.2, -0.15) is 0 Å². The van der Waals surface area contributed by atoms with Gasteiger partial charge in [0.05, 0.1) is 0 Å². The van der Waals surface area contributed by atoms with E-state index in [0.717, 1.165) is 5.56 Å². The molecule has 24 heavy (non-hydrogen) atoms. The van der Waals surface area contributed by atoms with Crippen LogP contribution in [0.4, 0.5) is 0 Å². The van der Waals surface area contributed by atoms with E-state index >= 15 is 0 Å². The Morgan fingerprint density at radius 3 is 2.58 bits per heavy atom. The SMILES string of the molecule is CC(C)c1cc(C(=O)NCCc2ccc(OCC(=O)O)cc2)no1. The molecular formula is C17H20N2O5. The summed E-state index contributed by atoms with van der Waals surface area (Å²) in [7, 11) is 0. The van der Waals surface area contributed by atoms with Crippen molar-refractivity contribution in [3.8, 4) is 5.75 Å². The van der Waals surface area contributed by atoms with Crippen molar-refractivity contribution >= 4 is 11.9 Å². The Morgan fingerprint density at radius 2 is 2.00 bits per heavy atom. The van der Waals surface area contributed by atoms with E-state index in [-0.39, 0.29) is 24.1 Å². The summed E-state index contributed by atoms with van der Waals surface area (Å²) in [5, 5.41) is 15.1. The summed E-state index contributed by atoms with van der Waals surface area (Å²) in [5.74, 6) is 0.0642. The number of ether oxygens (including phenoxy) is 1. The van der Waals surface area contributed by atoms with Crippen LogP contribution >= 0.6 is 0 Å². The summed E-state index contributed by atoms with van der Waals surface area (Å²) < 4.78 is 10.2. The number of carbonyl (C=O) groups is 2. The van der Waals surface area contributed by atoms with Gasteiger partial charge in [0.25, 0.3) is 5.91 Å². The number of nitrogens with one attached hydrogen (secondary N) is 1. The van der Waals surface area contributed by atoms with Crippen LogP contribution in [0.25, 0.3) is 0 Å². The first-order chi connectivity index (χ1) is 11.5. The molecule has 1 aromatic carbocycles. The number of carbonyl (C=O) groups excluding carboxylic acids is 1. The van der Waals surface area contributed by atoms with Crippen LogP contribution in [0.3, 0.4) is 0 Å². The third kappa shape index (κ3) is 5.12. The Bertz CT molecular complexity index is 691. The Kier molecular flexibility index (Phi) is 5.95. The second kappa shape index (κ2) is 8.14. The summed E-state index contributed by atoms with van der Waals surface area (Å²) in [6.45, 7) is 4.02. The van der Waals surface area contributed by atoms with Crippen molar-refractivity contribution in [2.45, 2.75) is 26.2 Å². The standard InChI is InChI=1S/C17H20N2O5/c1-11(2)15-9-14(19-24-15)17(22)18-8-7-12-3-5-13(6-4-12)23-10-16(20)21/h3-6,9,11H,7-8,10H2,1-2H3,(H,18,22)(H,20,21). The molecule has 2 N–H and O–H groups in total. The molecule has 0 saturated heterocycles. The smallest absolute Gasteiger partial charge is 0.341 e. The normalized spacial score (nSPS) is 10.6. The fourth-order valence-corrected chi connectivity index (χ4v) is 1.98. The van der Waals surface area contributed by atoms with Crippen molar-refractivity contribution in [2.24, 2.45) is 0 Å². The maximum absolute atomic E-state index is 12.0. The highest BCUT2D eigenvalue weighted by Gasteiger charge is 2.13. The summed E-state index contributed by atoms with van der Waals surface area (Å²) in [6.07, 6.45) is 0.639. The lowest BCUT2D eigenvalue weighted by Crippen LogP contribution is -2.25. The van der Waals surface area contributed by atoms with Crippen molar-refractivity contribution in [3.05, 3.63) is 47.3 Å². The van der Waals surface area contributed by atoms with E-state index < -0.39 is 5.97 Å². The largest absolute Gasteiger partial charge is 0.482 e. The number of hydrogen-bond donors (Lipinski definition) is 2. The first kappa shape index (κ1) is 17.5. The van der Waals surface area contributed by atoms with Gasteiger partial charge >= 0.3 is 5.97 Å². The van der Waals surface area contributed by atoms with Crippen LogP contribution < -0.4 is 10.1 Å². The molecule has 0 radical (unpaired) electrons. The van der Waals surface area contributed by atoms with Gasteiger partial charge in [-0.1, -0.05) is 31.1 Å². The predicted molar refractivity (Wildman–Crippen MR) is 86.2 cm³/mol. The van der Waals surface area contributed by atoms with Crippen LogP contribution in [0.15, 0.2) is 34.9 Å². The van der Waals surface area contributed by atoms with E-state index in [4.69, 9.17) is 14.4 Å². The molecule has 2 rings (SSSR count). The van der Waals surface area contributed by atoms with Crippen LogP contribution in [0, 0.1) is 0 Å². The van der Waals surface area contributed by atoms with Crippen LogP contribution in [0.1, 0.15) is 41.6 Å². The summed E-state index contributed by atoms with van der Waals surface area (Å²) in [4.78, 5) is 22.4. The van der Waals surface area contributed by atoms with Gasteiger partial charge in [0, 0.05) is 18.5 Å². The number of rotatable bonds is 8. The molecule has 0 saturated carbocycles. The van der Waals surface area contributed by atoms with Gasteiger partial charge in [-0.25, -0.2) is 4.79 Å². The zero-order chi connectivity index (χ0) is 17.5. The minimum absolute atomic E-state index is 0.181. The Hall–Kier alpha value is -2.83. The topological polar surface area (TPSA) is 102 Å². The highest BCUT2D eigenvalue weighted by Crippen LogP contribution is 2.15. The first-order valence-electron chi connectivity index (χ1n) is 7.64. The molecule has 1 amide bonds. The number of carboxylic acids is 1. The van der Waals surface area contributed by atoms with Gasteiger partial charge in [0.1, 0.15) is 11.5 Å². The Morgan fingerprint density at radius 1 is 1.29 bits per heavy atom. The molecule has 0 bridgehead atoms. The van der Waals surface area contributed by atoms with E-state index in [1.54, 1.807) is 18.2 Å². The van der Waals surface area contributed by atoms with E-state index in [2.05, 4.69) is 10.5 Å². The number of hydrogen-bond acceptors (Lipinski definition) is 5. The van der Waals surface area contributed by atoms with Gasteiger partial charge in [0.15, 0.2) is 12.3 Å². The molecule has 2 aromatic rings. The third-order valence-corrected chi connectivity index (χ3v) is 3.31. The first-order valence-corrected chi connectivity index (χ1v) is 7.64. The second-order valence-electron chi connectivity index (χ2n) is 5.60. The third-order valence-electron chi connectivity index (χ3n) is 3.31. The van der Waals surface area contributed by atoms with Crippen molar-refractivity contribution in [1.82, 2.24) is 10.5 Å². The molecule has 0 aliphatic heterocycles. The average Bonchev–Trinajstić information content (AvgIpc) is 3.04. The molecule has 7 heteroatoms. The molecule has 0 unspecified atom stereocenters. The molecule has 0 aliphatic carbocycles. The highest BCUT2D eigenvalue weighted by atomic mass is 16.5. The Balaban J connectivity index is 1.78. The molecule has 0 aliphatic rings. The predicted octanol–water partition coefficient (Wildman–Crippen LogP) is 2.23. The van der Waals surface area contributed by atoms with E-state index in [1.165, 1.54) is 0 Å². The lowest BCUT2D eigenvalue weighted by atomic mass is 10.1. The molecule has 0 atom stereocenters. The molecule has 1 aromatic heterocycles. The summed E-state index contributed by atoms with van der Waals surface area (Å²) >= 11 is 0. The fraction of sp³-hybridized carbons (Fsp3) is 0.353. The minimum Gasteiger partial charge on any atom is -0.482 e. The van der Waals surface area contributed by atoms with Gasteiger partial charge in [-0.3, -0.25) is 4.79 Å². The van der Waals surface area contributed by atoms with E-state index in [1.807, 2.05) is 26.0 Å². The molecule has 0 spiro atoms. The monoisotopic (exact) mass is 332 g/mol. The van der Waals surface area contributed by atoms with Gasteiger partial charge in [-0.15, -0.1) is 0 Å². The quantitative estimate of drug-likeness (QED) is 0.768. The maximum Gasteiger partial charge on any atom is 0.341 e. The number of aliphatic carboxylic acids is 1. The van der Waals surface area contributed by atoms with Crippen LogP contribution in [0.2, 0.25) is 0 Å². The number of carboxylic acid groups (broad SMARTS) is 1. The van der Waals surface area contributed by atoms with Crippen molar-refractivity contribution in [1.29, 1.82) is 0 Å². The number of benzene rings is 1. The van der Waals surface area contributed by atoms with Crippen LogP contribution in [-0.4, -0.2) is 35.3 Å². The molecular weight excluding hydrogens is 312 g/mol. The average molecular weight is 332 g/mol. The van der Waals surface area contributed by atoms with Crippen molar-refractivity contribution < 1.29 is 24.0 Å². The lowest BCUT2D eigenvalue weighted by molar-refractivity contribution is -0.139. The van der Waals surface area contributed by atoms with E-state index in [0.29, 0.717) is 24.5 Å². The van der Waals surface area contributed by atoms with Gasteiger partial charge < -0.3 is 19.7 Å². The molecule has 128 valence electrons. The molecule has 0 fully saturated rings. The fourth-order valence-electron chi connectivity index (χ4n) is 1.98. The summed E-state index contributed by atoms with van der Waals surface area (Å²) in [6, 6.07) is 8.71. The van der Waals surface area contributed by atoms with E-state index in [9.17, 15) is 9.59 Å². The minimum atomic E-state index is -1.02. The van der Waals surface area contributed by atoms with Crippen LogP contribution in [-0.2, 0) is 11.2 Å². The number of amides is 1. The maximum atomic E-state index is 12.0. The van der Waals surface area contributed by atoms with Gasteiger partial charge in [-0.05, 0) is 24.1 Å². The van der Waals surface area contributed by atoms with Crippen molar-refractivity contribution in [2.75, 3.05) is 13.2 Å². The molecule has 7 nitrogen and oxygen atoms in total. The lowest BCUT2D eigenvalue weighted by Gasteiger charge is -2.06. The summed E-state index contributed by atoms with van der Waals surface area (Å²) in [5.41, 5.74) is 1.28. The molecule has 1 heterocycles. The Labute approximate surface area is 139 Å². The van der Waals surface area contributed by atoms with Crippen molar-refractivity contribution in [3.63, 3.8) is 0 Å². The van der Waals surface area contributed by atoms with Crippen LogP contribution in [0.5, 0.6) is 5.75 Å². The second-order valence-corrected chi connectivity index (χ2v) is 5.60. The number of nitrogens with zero attached hydrogens (tertiary/aromatic N) is 1. The zero-order valence-corrected chi connectivity index (χ0v) is 13.6. The number of aromatic nitrogens is 1. The van der Waals surface area contributed by atoms with Gasteiger partial charge in [0.2, 0.25) is 0 Å². The zero-order valence-electron chi connectivity index (χ0n) is 13.6.